The van der Waals surface area contributed by atoms with Gasteiger partial charge in [0, 0.05) is 5.02 Å². The van der Waals surface area contributed by atoms with Gasteiger partial charge >= 0.3 is 0 Å². The van der Waals surface area contributed by atoms with Crippen molar-refractivity contribution in [3.8, 4) is 5.75 Å². The van der Waals surface area contributed by atoms with E-state index < -0.39 is 0 Å². The molecule has 0 spiro atoms. The Labute approximate surface area is 123 Å². The number of halogens is 2. The minimum absolute atomic E-state index is 0.211. The molecule has 19 heavy (non-hydrogen) atoms. The zero-order valence-electron chi connectivity index (χ0n) is 9.73. The standard InChI is InChI=1S/C13H9BrClNO3/c14-12-4-3-11(19-12)13(17)16-5-6-18-10-2-1-8(15)7-9(10)16/h1-4,7H,5-6H2. The Hall–Kier alpha value is -1.46. The van der Waals surface area contributed by atoms with Crippen molar-refractivity contribution in [2.24, 2.45) is 0 Å². The molecular formula is C13H9BrClNO3. The molecule has 3 rings (SSSR count). The number of amides is 1. The van der Waals surface area contributed by atoms with Crippen molar-refractivity contribution >= 4 is 39.1 Å². The number of benzene rings is 1. The van der Waals surface area contributed by atoms with Gasteiger partial charge in [-0.05, 0) is 46.3 Å². The second-order valence-corrected chi connectivity index (χ2v) is 5.24. The fourth-order valence-corrected chi connectivity index (χ4v) is 2.44. The van der Waals surface area contributed by atoms with Crippen LogP contribution in [-0.4, -0.2) is 19.1 Å². The molecule has 0 saturated heterocycles. The summed E-state index contributed by atoms with van der Waals surface area (Å²) in [5, 5.41) is 0.558. The Morgan fingerprint density at radius 2 is 2.16 bits per heavy atom. The van der Waals surface area contributed by atoms with Gasteiger partial charge in [0.2, 0.25) is 0 Å². The molecule has 0 bridgehead atoms. The molecule has 0 N–H and O–H groups in total. The molecular weight excluding hydrogens is 334 g/mol. The molecule has 0 saturated carbocycles. The van der Waals surface area contributed by atoms with Crippen LogP contribution in [0.2, 0.25) is 5.02 Å². The van der Waals surface area contributed by atoms with Gasteiger partial charge in [0.05, 0.1) is 12.2 Å². The number of ether oxygens (including phenoxy) is 1. The lowest BCUT2D eigenvalue weighted by Gasteiger charge is -2.28. The van der Waals surface area contributed by atoms with Gasteiger partial charge in [-0.3, -0.25) is 9.69 Å². The molecule has 98 valence electrons. The molecule has 1 aliphatic rings. The Morgan fingerprint density at radius 1 is 1.32 bits per heavy atom. The van der Waals surface area contributed by atoms with Crippen LogP contribution in [-0.2, 0) is 0 Å². The Bertz CT molecular complexity index is 641. The van der Waals surface area contributed by atoms with Crippen LogP contribution in [0.1, 0.15) is 10.6 Å². The molecule has 0 fully saturated rings. The summed E-state index contributed by atoms with van der Waals surface area (Å²) in [6.07, 6.45) is 0. The first-order chi connectivity index (χ1) is 9.15. The Balaban J connectivity index is 1.99. The summed E-state index contributed by atoms with van der Waals surface area (Å²) < 4.78 is 11.3. The van der Waals surface area contributed by atoms with Gasteiger partial charge in [-0.25, -0.2) is 0 Å². The first kappa shape index (κ1) is 12.6. The highest BCUT2D eigenvalue weighted by Gasteiger charge is 2.26. The number of carbonyl (C=O) groups excluding carboxylic acids is 1. The van der Waals surface area contributed by atoms with E-state index in [-0.39, 0.29) is 11.7 Å². The van der Waals surface area contributed by atoms with Gasteiger partial charge in [0.25, 0.3) is 5.91 Å². The number of nitrogens with zero attached hydrogens (tertiary/aromatic N) is 1. The fourth-order valence-electron chi connectivity index (χ4n) is 1.96. The number of hydrogen-bond donors (Lipinski definition) is 0. The van der Waals surface area contributed by atoms with Gasteiger partial charge in [-0.2, -0.15) is 0 Å². The lowest BCUT2D eigenvalue weighted by atomic mass is 10.2. The van der Waals surface area contributed by atoms with Crippen molar-refractivity contribution in [3.63, 3.8) is 0 Å². The number of furan rings is 1. The summed E-state index contributed by atoms with van der Waals surface area (Å²) >= 11 is 9.16. The normalized spacial score (nSPS) is 13.9. The van der Waals surface area contributed by atoms with Crippen molar-refractivity contribution in [2.75, 3.05) is 18.1 Å². The maximum Gasteiger partial charge on any atom is 0.294 e. The highest BCUT2D eigenvalue weighted by molar-refractivity contribution is 9.10. The van der Waals surface area contributed by atoms with Gasteiger partial charge in [-0.1, -0.05) is 11.6 Å². The van der Waals surface area contributed by atoms with E-state index in [1.54, 1.807) is 35.2 Å². The van der Waals surface area contributed by atoms with E-state index in [0.29, 0.717) is 34.3 Å². The van der Waals surface area contributed by atoms with Crippen molar-refractivity contribution in [1.82, 2.24) is 0 Å². The molecule has 1 aromatic carbocycles. The van der Waals surface area contributed by atoms with Crippen molar-refractivity contribution < 1.29 is 13.9 Å². The number of rotatable bonds is 1. The monoisotopic (exact) mass is 341 g/mol. The van der Waals surface area contributed by atoms with E-state index in [1.807, 2.05) is 0 Å². The summed E-state index contributed by atoms with van der Waals surface area (Å²) in [5.41, 5.74) is 0.663. The number of hydrogen-bond acceptors (Lipinski definition) is 3. The van der Waals surface area contributed by atoms with Gasteiger partial charge in [0.1, 0.15) is 12.4 Å². The fraction of sp³-hybridized carbons (Fsp3) is 0.154. The molecule has 1 aromatic heterocycles. The maximum atomic E-state index is 12.4. The average Bonchev–Trinajstić information content (AvgIpc) is 2.84. The third kappa shape index (κ3) is 2.35. The minimum atomic E-state index is -0.211. The van der Waals surface area contributed by atoms with Gasteiger partial charge < -0.3 is 9.15 Å². The van der Waals surface area contributed by atoms with E-state index >= 15 is 0 Å². The van der Waals surface area contributed by atoms with E-state index in [9.17, 15) is 4.79 Å². The predicted molar refractivity (Wildman–Crippen MR) is 75.0 cm³/mol. The van der Waals surface area contributed by atoms with E-state index in [0.717, 1.165) is 0 Å². The molecule has 0 unspecified atom stereocenters. The van der Waals surface area contributed by atoms with E-state index in [4.69, 9.17) is 20.8 Å². The second kappa shape index (κ2) is 4.90. The topological polar surface area (TPSA) is 42.7 Å². The van der Waals surface area contributed by atoms with Crippen LogP contribution in [0.15, 0.2) is 39.4 Å². The highest BCUT2D eigenvalue weighted by Crippen LogP contribution is 2.35. The average molecular weight is 343 g/mol. The summed E-state index contributed by atoms with van der Waals surface area (Å²) in [4.78, 5) is 14.0. The number of fused-ring (bicyclic) bond motifs is 1. The molecule has 0 atom stereocenters. The molecule has 4 nitrogen and oxygen atoms in total. The molecule has 6 heteroatoms. The van der Waals surface area contributed by atoms with Crippen molar-refractivity contribution in [1.29, 1.82) is 0 Å². The van der Waals surface area contributed by atoms with Crippen LogP contribution in [0.3, 0.4) is 0 Å². The molecule has 2 heterocycles. The minimum Gasteiger partial charge on any atom is -0.490 e. The zero-order chi connectivity index (χ0) is 13.4. The third-order valence-corrected chi connectivity index (χ3v) is 3.47. The molecule has 2 aromatic rings. The first-order valence-corrected chi connectivity index (χ1v) is 6.82. The largest absolute Gasteiger partial charge is 0.490 e. The Morgan fingerprint density at radius 3 is 2.89 bits per heavy atom. The summed E-state index contributed by atoms with van der Waals surface area (Å²) in [6, 6.07) is 8.53. The van der Waals surface area contributed by atoms with Crippen LogP contribution in [0.4, 0.5) is 5.69 Å². The number of carbonyl (C=O) groups is 1. The van der Waals surface area contributed by atoms with E-state index in [1.165, 1.54) is 0 Å². The maximum absolute atomic E-state index is 12.4. The van der Waals surface area contributed by atoms with Gasteiger partial charge in [0.15, 0.2) is 10.4 Å². The SMILES string of the molecule is O=C(c1ccc(Br)o1)N1CCOc2ccc(Cl)cc21. The number of anilines is 1. The molecule has 0 radical (unpaired) electrons. The van der Waals surface area contributed by atoms with Crippen LogP contribution in [0.25, 0.3) is 0 Å². The van der Waals surface area contributed by atoms with E-state index in [2.05, 4.69) is 15.9 Å². The van der Waals surface area contributed by atoms with Crippen LogP contribution >= 0.6 is 27.5 Å². The predicted octanol–water partition coefficient (Wildman–Crippen LogP) is 3.73. The zero-order valence-corrected chi connectivity index (χ0v) is 12.1. The first-order valence-electron chi connectivity index (χ1n) is 5.65. The third-order valence-electron chi connectivity index (χ3n) is 2.81. The molecule has 1 amide bonds. The van der Waals surface area contributed by atoms with Crippen LogP contribution < -0.4 is 9.64 Å². The summed E-state index contributed by atoms with van der Waals surface area (Å²) in [6.45, 7) is 0.909. The second-order valence-electron chi connectivity index (χ2n) is 4.02. The summed E-state index contributed by atoms with van der Waals surface area (Å²) in [5.74, 6) is 0.715. The smallest absolute Gasteiger partial charge is 0.294 e. The van der Waals surface area contributed by atoms with Crippen molar-refractivity contribution in [2.45, 2.75) is 0 Å². The molecule has 0 aliphatic carbocycles. The quantitative estimate of drug-likeness (QED) is 0.793. The summed E-state index contributed by atoms with van der Waals surface area (Å²) in [7, 11) is 0. The highest BCUT2D eigenvalue weighted by atomic mass is 79.9. The lowest BCUT2D eigenvalue weighted by Crippen LogP contribution is -2.37. The lowest BCUT2D eigenvalue weighted by molar-refractivity contribution is 0.0948. The van der Waals surface area contributed by atoms with Crippen molar-refractivity contribution in [3.05, 3.63) is 45.8 Å². The Kier molecular flexibility index (Phi) is 3.24. The molecule has 1 aliphatic heterocycles. The van der Waals surface area contributed by atoms with Crippen LogP contribution in [0.5, 0.6) is 5.75 Å². The van der Waals surface area contributed by atoms with Gasteiger partial charge in [-0.15, -0.1) is 0 Å². The van der Waals surface area contributed by atoms with Crippen LogP contribution in [0, 0.1) is 0 Å².